The molecule has 1 unspecified atom stereocenters. The van der Waals surface area contributed by atoms with Gasteiger partial charge in [0.1, 0.15) is 5.75 Å². The number of amides is 2. The Morgan fingerprint density at radius 1 is 1.25 bits per heavy atom. The fraction of sp³-hybridized carbons (Fsp3) is 0.385. The van der Waals surface area contributed by atoms with E-state index in [-0.39, 0.29) is 13.0 Å². The number of carboxylic acid groups (broad SMARTS) is 1. The van der Waals surface area contributed by atoms with Gasteiger partial charge >= 0.3 is 12.0 Å². The number of carbonyl (C=O) groups is 2. The number of ether oxygens (including phenoxy) is 1. The van der Waals surface area contributed by atoms with E-state index < -0.39 is 18.1 Å². The molecule has 1 aromatic carbocycles. The second kappa shape index (κ2) is 8.00. The van der Waals surface area contributed by atoms with Crippen LogP contribution in [0.15, 0.2) is 24.3 Å². The first-order valence-electron chi connectivity index (χ1n) is 6.08. The maximum atomic E-state index is 11.4. The summed E-state index contributed by atoms with van der Waals surface area (Å²) >= 11 is 0. The number of urea groups is 1. The van der Waals surface area contributed by atoms with Crippen molar-refractivity contribution in [3.05, 3.63) is 29.8 Å². The van der Waals surface area contributed by atoms with Crippen molar-refractivity contribution in [1.29, 1.82) is 0 Å². The molecule has 1 atom stereocenters. The standard InChI is InChI=1S/C13H18N2O5/c1-20-10-4-2-9(3-5-10)8-15-13(19)14-7-6-11(16)12(17)18/h2-5,11,16H,6-8H2,1H3,(H,17,18)(H2,14,15,19). The van der Waals surface area contributed by atoms with Gasteiger partial charge in [-0.05, 0) is 17.7 Å². The lowest BCUT2D eigenvalue weighted by Gasteiger charge is -2.09. The Balaban J connectivity index is 2.23. The second-order valence-corrected chi connectivity index (χ2v) is 4.10. The molecule has 110 valence electrons. The molecule has 1 rings (SSSR count). The molecule has 7 nitrogen and oxygen atoms in total. The number of carboxylic acids is 1. The number of aliphatic hydroxyl groups excluding tert-OH is 1. The summed E-state index contributed by atoms with van der Waals surface area (Å²) in [5.74, 6) is -0.564. The van der Waals surface area contributed by atoms with Crippen molar-refractivity contribution >= 4 is 12.0 Å². The van der Waals surface area contributed by atoms with Crippen LogP contribution in [0.2, 0.25) is 0 Å². The van der Waals surface area contributed by atoms with E-state index in [1.165, 1.54) is 0 Å². The molecule has 0 fully saturated rings. The summed E-state index contributed by atoms with van der Waals surface area (Å²) in [4.78, 5) is 21.8. The van der Waals surface area contributed by atoms with Gasteiger partial charge in [0.2, 0.25) is 0 Å². The third-order valence-corrected chi connectivity index (χ3v) is 2.60. The number of hydrogen-bond donors (Lipinski definition) is 4. The highest BCUT2D eigenvalue weighted by Crippen LogP contribution is 2.10. The number of hydrogen-bond acceptors (Lipinski definition) is 4. The minimum atomic E-state index is -1.46. The summed E-state index contributed by atoms with van der Waals surface area (Å²) in [6, 6.07) is 6.81. The van der Waals surface area contributed by atoms with E-state index in [0.29, 0.717) is 6.54 Å². The van der Waals surface area contributed by atoms with Gasteiger partial charge in [-0.3, -0.25) is 0 Å². The highest BCUT2D eigenvalue weighted by Gasteiger charge is 2.12. The Hall–Kier alpha value is -2.28. The van der Waals surface area contributed by atoms with Crippen molar-refractivity contribution in [3.8, 4) is 5.75 Å². The monoisotopic (exact) mass is 282 g/mol. The number of aliphatic carboxylic acids is 1. The van der Waals surface area contributed by atoms with Crippen LogP contribution in [0.5, 0.6) is 5.75 Å². The Kier molecular flexibility index (Phi) is 6.31. The van der Waals surface area contributed by atoms with Gasteiger partial charge in [-0.2, -0.15) is 0 Å². The van der Waals surface area contributed by atoms with Crippen molar-refractivity contribution in [2.75, 3.05) is 13.7 Å². The zero-order chi connectivity index (χ0) is 15.0. The molecule has 7 heteroatoms. The molecule has 0 saturated heterocycles. The summed E-state index contributed by atoms with van der Waals surface area (Å²) in [7, 11) is 1.58. The van der Waals surface area contributed by atoms with E-state index in [0.717, 1.165) is 11.3 Å². The predicted molar refractivity (Wildman–Crippen MR) is 71.5 cm³/mol. The number of rotatable bonds is 7. The van der Waals surface area contributed by atoms with Crippen LogP contribution >= 0.6 is 0 Å². The first-order valence-corrected chi connectivity index (χ1v) is 6.08. The van der Waals surface area contributed by atoms with Gasteiger partial charge in [0.25, 0.3) is 0 Å². The van der Waals surface area contributed by atoms with E-state index in [1.807, 2.05) is 12.1 Å². The Morgan fingerprint density at radius 2 is 1.90 bits per heavy atom. The average Bonchev–Trinajstić information content (AvgIpc) is 2.45. The van der Waals surface area contributed by atoms with Crippen molar-refractivity contribution < 1.29 is 24.5 Å². The molecule has 0 aliphatic rings. The van der Waals surface area contributed by atoms with Crippen LogP contribution in [0.4, 0.5) is 4.79 Å². The van der Waals surface area contributed by atoms with Gasteiger partial charge in [0.15, 0.2) is 6.10 Å². The molecule has 1 aromatic rings. The topological polar surface area (TPSA) is 108 Å². The van der Waals surface area contributed by atoms with Gasteiger partial charge in [0, 0.05) is 19.5 Å². The third kappa shape index (κ3) is 5.57. The fourth-order valence-corrected chi connectivity index (χ4v) is 1.43. The van der Waals surface area contributed by atoms with E-state index in [4.69, 9.17) is 14.9 Å². The zero-order valence-corrected chi connectivity index (χ0v) is 11.1. The van der Waals surface area contributed by atoms with E-state index in [2.05, 4.69) is 10.6 Å². The zero-order valence-electron chi connectivity index (χ0n) is 11.1. The predicted octanol–water partition coefficient (Wildman–Crippen LogP) is 0.330. The molecule has 20 heavy (non-hydrogen) atoms. The molecule has 0 spiro atoms. The lowest BCUT2D eigenvalue weighted by molar-refractivity contribution is -0.146. The highest BCUT2D eigenvalue weighted by molar-refractivity contribution is 5.74. The van der Waals surface area contributed by atoms with Crippen molar-refractivity contribution in [3.63, 3.8) is 0 Å². The van der Waals surface area contributed by atoms with Crippen LogP contribution in [0, 0.1) is 0 Å². The van der Waals surface area contributed by atoms with E-state index >= 15 is 0 Å². The van der Waals surface area contributed by atoms with Crippen LogP contribution in [0.25, 0.3) is 0 Å². The van der Waals surface area contributed by atoms with Crippen LogP contribution < -0.4 is 15.4 Å². The Morgan fingerprint density at radius 3 is 2.45 bits per heavy atom. The maximum absolute atomic E-state index is 11.4. The van der Waals surface area contributed by atoms with Crippen LogP contribution in [0.3, 0.4) is 0 Å². The van der Waals surface area contributed by atoms with Gasteiger partial charge in [-0.25, -0.2) is 9.59 Å². The lowest BCUT2D eigenvalue weighted by Crippen LogP contribution is -2.37. The minimum Gasteiger partial charge on any atom is -0.497 e. The van der Waals surface area contributed by atoms with Crippen LogP contribution in [-0.2, 0) is 11.3 Å². The molecule has 0 aromatic heterocycles. The molecule has 0 radical (unpaired) electrons. The molecule has 0 bridgehead atoms. The number of nitrogens with one attached hydrogen (secondary N) is 2. The molecule has 0 aliphatic carbocycles. The van der Waals surface area contributed by atoms with Crippen molar-refractivity contribution in [2.45, 2.75) is 19.1 Å². The van der Waals surface area contributed by atoms with E-state index in [1.54, 1.807) is 19.2 Å². The molecule has 4 N–H and O–H groups in total. The number of methoxy groups -OCH3 is 1. The molecule has 0 heterocycles. The Labute approximate surface area is 116 Å². The number of benzene rings is 1. The molecular formula is C13H18N2O5. The molecule has 2 amide bonds. The van der Waals surface area contributed by atoms with Crippen LogP contribution in [0.1, 0.15) is 12.0 Å². The van der Waals surface area contributed by atoms with E-state index in [9.17, 15) is 9.59 Å². The third-order valence-electron chi connectivity index (χ3n) is 2.60. The summed E-state index contributed by atoms with van der Waals surface area (Å²) < 4.78 is 5.02. The largest absolute Gasteiger partial charge is 0.497 e. The SMILES string of the molecule is COc1ccc(CNC(=O)NCCC(O)C(=O)O)cc1. The first-order chi connectivity index (χ1) is 9.52. The normalized spacial score (nSPS) is 11.5. The van der Waals surface area contributed by atoms with Gasteiger partial charge in [0.05, 0.1) is 7.11 Å². The van der Waals surface area contributed by atoms with Gasteiger partial charge in [-0.15, -0.1) is 0 Å². The lowest BCUT2D eigenvalue weighted by atomic mass is 10.2. The maximum Gasteiger partial charge on any atom is 0.332 e. The molecular weight excluding hydrogens is 264 g/mol. The smallest absolute Gasteiger partial charge is 0.332 e. The quantitative estimate of drug-likeness (QED) is 0.576. The first kappa shape index (κ1) is 15.8. The number of carbonyl (C=O) groups excluding carboxylic acids is 1. The second-order valence-electron chi connectivity index (χ2n) is 4.10. The Bertz CT molecular complexity index is 447. The number of aliphatic hydroxyl groups is 1. The van der Waals surface area contributed by atoms with Crippen molar-refractivity contribution in [1.82, 2.24) is 10.6 Å². The van der Waals surface area contributed by atoms with Crippen molar-refractivity contribution in [2.24, 2.45) is 0 Å². The summed E-state index contributed by atoms with van der Waals surface area (Å²) in [6.07, 6.45) is -1.50. The average molecular weight is 282 g/mol. The fourth-order valence-electron chi connectivity index (χ4n) is 1.43. The highest BCUT2D eigenvalue weighted by atomic mass is 16.5. The molecule has 0 aliphatic heterocycles. The summed E-state index contributed by atoms with van der Waals surface area (Å²) in [6.45, 7) is 0.430. The van der Waals surface area contributed by atoms with Crippen LogP contribution in [-0.4, -0.2) is 42.0 Å². The minimum absolute atomic E-state index is 0.0364. The summed E-state index contributed by atoms with van der Waals surface area (Å²) in [5, 5.41) is 22.5. The van der Waals surface area contributed by atoms with Gasteiger partial charge in [-0.1, -0.05) is 12.1 Å². The van der Waals surface area contributed by atoms with Gasteiger partial charge < -0.3 is 25.6 Å². The molecule has 0 saturated carbocycles. The summed E-state index contributed by atoms with van der Waals surface area (Å²) in [5.41, 5.74) is 0.909.